The number of morpholine rings is 1. The first-order valence-corrected chi connectivity index (χ1v) is 4.66. The van der Waals surface area contributed by atoms with Gasteiger partial charge in [0.1, 0.15) is 0 Å². The van der Waals surface area contributed by atoms with Gasteiger partial charge in [-0.05, 0) is 0 Å². The lowest BCUT2D eigenvalue weighted by molar-refractivity contribution is 0.0334. The van der Waals surface area contributed by atoms with Crippen LogP contribution in [0.5, 0.6) is 0 Å². The summed E-state index contributed by atoms with van der Waals surface area (Å²) in [7, 11) is 1.39. The van der Waals surface area contributed by atoms with Crippen molar-refractivity contribution in [3.8, 4) is 0 Å². The van der Waals surface area contributed by atoms with Crippen LogP contribution in [0.2, 0.25) is 0 Å². The molecule has 1 saturated heterocycles. The molecule has 0 N–H and O–H groups in total. The van der Waals surface area contributed by atoms with E-state index in [-0.39, 0.29) is 6.09 Å². The number of carbonyl (C=O) groups is 1. The summed E-state index contributed by atoms with van der Waals surface area (Å²) in [4.78, 5) is 12.4. The summed E-state index contributed by atoms with van der Waals surface area (Å²) in [6, 6.07) is 0. The van der Waals surface area contributed by atoms with Crippen molar-refractivity contribution in [1.82, 2.24) is 4.90 Å². The number of methoxy groups -OCH3 is 1. The fraction of sp³-hybridized carbons (Fsp3) is 0.889. The Kier molecular flexibility index (Phi) is 7.39. The van der Waals surface area contributed by atoms with E-state index in [4.69, 9.17) is 4.74 Å². The topological polar surface area (TPSA) is 38.8 Å². The molecule has 1 rings (SSSR count). The zero-order chi connectivity index (χ0) is 10.1. The molecule has 0 saturated carbocycles. The van der Waals surface area contributed by atoms with Crippen LogP contribution < -0.4 is 0 Å². The van der Waals surface area contributed by atoms with Gasteiger partial charge >= 0.3 is 6.09 Å². The van der Waals surface area contributed by atoms with Crippen LogP contribution in [0.25, 0.3) is 0 Å². The number of carbonyl (C=O) groups excluding carboxylic acids is 1. The zero-order valence-electron chi connectivity index (χ0n) is 8.71. The number of amides is 1. The quantitative estimate of drug-likeness (QED) is 0.579. The summed E-state index contributed by atoms with van der Waals surface area (Å²) in [5.74, 6) is 0. The third-order valence-electron chi connectivity index (χ3n) is 1.44. The highest BCUT2D eigenvalue weighted by atomic mass is 16.5. The first kappa shape index (κ1) is 12.2. The Morgan fingerprint density at radius 2 is 1.85 bits per heavy atom. The Hall–Kier alpha value is -0.770. The molecule has 78 valence electrons. The van der Waals surface area contributed by atoms with Gasteiger partial charge in [0.05, 0.1) is 20.3 Å². The summed E-state index contributed by atoms with van der Waals surface area (Å²) in [6.45, 7) is 6.78. The molecule has 0 aromatic rings. The molecule has 0 aliphatic carbocycles. The third kappa shape index (κ3) is 5.47. The lowest BCUT2D eigenvalue weighted by Crippen LogP contribution is -2.40. The maximum atomic E-state index is 10.8. The average Bonchev–Trinajstić information content (AvgIpc) is 2.19. The Labute approximate surface area is 79.8 Å². The normalized spacial score (nSPS) is 15.8. The van der Waals surface area contributed by atoms with Crippen molar-refractivity contribution in [2.45, 2.75) is 20.3 Å². The number of ether oxygens (including phenoxy) is 2. The van der Waals surface area contributed by atoms with E-state index in [0.717, 1.165) is 0 Å². The second-order valence-corrected chi connectivity index (χ2v) is 2.78. The second-order valence-electron chi connectivity index (χ2n) is 2.78. The monoisotopic (exact) mass is 189 g/mol. The van der Waals surface area contributed by atoms with Crippen LogP contribution in [0.15, 0.2) is 0 Å². The van der Waals surface area contributed by atoms with Gasteiger partial charge in [-0.2, -0.15) is 0 Å². The van der Waals surface area contributed by atoms with E-state index < -0.39 is 0 Å². The van der Waals surface area contributed by atoms with E-state index in [0.29, 0.717) is 26.3 Å². The van der Waals surface area contributed by atoms with Crippen LogP contribution in [0.1, 0.15) is 20.3 Å². The molecule has 0 unspecified atom stereocenters. The molecule has 13 heavy (non-hydrogen) atoms. The van der Waals surface area contributed by atoms with Gasteiger partial charge in [0, 0.05) is 13.1 Å². The van der Waals surface area contributed by atoms with Crippen molar-refractivity contribution in [1.29, 1.82) is 0 Å². The molecule has 1 fully saturated rings. The molecular weight excluding hydrogens is 170 g/mol. The van der Waals surface area contributed by atoms with Crippen molar-refractivity contribution < 1.29 is 14.3 Å². The highest BCUT2D eigenvalue weighted by molar-refractivity contribution is 5.67. The first-order chi connectivity index (χ1) is 6.26. The highest BCUT2D eigenvalue weighted by Crippen LogP contribution is 1.97. The van der Waals surface area contributed by atoms with E-state index in [1.807, 2.05) is 0 Å². The summed E-state index contributed by atoms with van der Waals surface area (Å²) >= 11 is 0. The minimum atomic E-state index is -0.261. The molecule has 1 heterocycles. The van der Waals surface area contributed by atoms with Gasteiger partial charge in [-0.3, -0.25) is 0 Å². The Bertz CT molecular complexity index is 133. The first-order valence-electron chi connectivity index (χ1n) is 4.66. The van der Waals surface area contributed by atoms with Gasteiger partial charge in [-0.1, -0.05) is 20.3 Å². The van der Waals surface area contributed by atoms with Gasteiger partial charge in [0.15, 0.2) is 0 Å². The van der Waals surface area contributed by atoms with Gasteiger partial charge in [-0.15, -0.1) is 0 Å². The lowest BCUT2D eigenvalue weighted by atomic mass is 10.5. The molecule has 0 aromatic carbocycles. The van der Waals surface area contributed by atoms with E-state index in [1.54, 1.807) is 4.90 Å². The van der Waals surface area contributed by atoms with Gasteiger partial charge in [-0.25, -0.2) is 4.79 Å². The molecule has 1 amide bonds. The van der Waals surface area contributed by atoms with Gasteiger partial charge in [0.25, 0.3) is 0 Å². The van der Waals surface area contributed by atoms with Gasteiger partial charge < -0.3 is 14.4 Å². The van der Waals surface area contributed by atoms with Crippen molar-refractivity contribution >= 4 is 6.09 Å². The average molecular weight is 189 g/mol. The van der Waals surface area contributed by atoms with Crippen LogP contribution >= 0.6 is 0 Å². The van der Waals surface area contributed by atoms with Crippen LogP contribution in [-0.2, 0) is 9.47 Å². The Morgan fingerprint density at radius 3 is 2.23 bits per heavy atom. The number of hydrogen-bond donors (Lipinski definition) is 0. The molecule has 0 spiro atoms. The standard InChI is InChI=1S/C6H11NO3.C3H8/c1-9-6(8)7-2-4-10-5-3-7;1-3-2/h2-5H2,1H3;3H2,1-2H3. The smallest absolute Gasteiger partial charge is 0.409 e. The third-order valence-corrected chi connectivity index (χ3v) is 1.44. The fourth-order valence-corrected chi connectivity index (χ4v) is 0.875. The maximum absolute atomic E-state index is 10.8. The largest absolute Gasteiger partial charge is 0.453 e. The number of nitrogens with zero attached hydrogens (tertiary/aromatic N) is 1. The minimum Gasteiger partial charge on any atom is -0.453 e. The summed E-state index contributed by atoms with van der Waals surface area (Å²) in [6.07, 6.45) is 0.989. The van der Waals surface area contributed by atoms with E-state index in [1.165, 1.54) is 13.5 Å². The predicted molar refractivity (Wildman–Crippen MR) is 50.8 cm³/mol. The Balaban J connectivity index is 0.000000424. The summed E-state index contributed by atoms with van der Waals surface area (Å²) in [5, 5.41) is 0. The minimum absolute atomic E-state index is 0.261. The van der Waals surface area contributed by atoms with Crippen molar-refractivity contribution in [2.24, 2.45) is 0 Å². The van der Waals surface area contributed by atoms with Gasteiger partial charge in [0.2, 0.25) is 0 Å². The number of rotatable bonds is 0. The van der Waals surface area contributed by atoms with E-state index >= 15 is 0 Å². The van der Waals surface area contributed by atoms with Crippen LogP contribution in [0.3, 0.4) is 0 Å². The maximum Gasteiger partial charge on any atom is 0.409 e. The second kappa shape index (κ2) is 7.86. The van der Waals surface area contributed by atoms with Crippen LogP contribution in [0.4, 0.5) is 4.79 Å². The van der Waals surface area contributed by atoms with Crippen molar-refractivity contribution in [2.75, 3.05) is 33.4 Å². The zero-order valence-corrected chi connectivity index (χ0v) is 8.71. The predicted octanol–water partition coefficient (Wildman–Crippen LogP) is 1.50. The molecule has 0 aromatic heterocycles. The molecule has 0 atom stereocenters. The molecular formula is C9H19NO3. The van der Waals surface area contributed by atoms with Crippen molar-refractivity contribution in [3.63, 3.8) is 0 Å². The van der Waals surface area contributed by atoms with E-state index in [2.05, 4.69) is 18.6 Å². The summed E-state index contributed by atoms with van der Waals surface area (Å²) < 4.78 is 9.57. The summed E-state index contributed by atoms with van der Waals surface area (Å²) in [5.41, 5.74) is 0. The number of hydrogen-bond acceptors (Lipinski definition) is 3. The Morgan fingerprint density at radius 1 is 1.38 bits per heavy atom. The fourth-order valence-electron chi connectivity index (χ4n) is 0.875. The van der Waals surface area contributed by atoms with Crippen LogP contribution in [0, 0.1) is 0 Å². The molecule has 0 radical (unpaired) electrons. The van der Waals surface area contributed by atoms with Crippen molar-refractivity contribution in [3.05, 3.63) is 0 Å². The highest BCUT2D eigenvalue weighted by Gasteiger charge is 2.15. The molecule has 4 nitrogen and oxygen atoms in total. The van der Waals surface area contributed by atoms with Crippen LogP contribution in [-0.4, -0.2) is 44.4 Å². The van der Waals surface area contributed by atoms with E-state index in [9.17, 15) is 4.79 Å². The SMILES string of the molecule is CCC.COC(=O)N1CCOCC1. The lowest BCUT2D eigenvalue weighted by Gasteiger charge is -2.24. The molecule has 1 aliphatic rings. The molecule has 4 heteroatoms. The molecule has 0 bridgehead atoms. The molecule has 1 aliphatic heterocycles.